The number of hydrogen-bond acceptors (Lipinski definition) is 1. The second-order valence-electron chi connectivity index (χ2n) is 26.0. The Hall–Kier alpha value is -13.5. The molecular weight excluding hydrogens is 1290 g/mol. The fourth-order valence-electron chi connectivity index (χ4n) is 12.9. The van der Waals surface area contributed by atoms with Crippen molar-refractivity contribution in [1.29, 1.82) is 0 Å². The molecule has 1 nitrogen and oxygen atoms in total. The van der Waals surface area contributed by atoms with Crippen LogP contribution >= 0.6 is 0 Å². The second-order valence-corrected chi connectivity index (χ2v) is 26.0. The minimum Gasteiger partial charge on any atom is -0.402 e. The highest BCUT2D eigenvalue weighted by molar-refractivity contribution is 5.96. The van der Waals surface area contributed by atoms with Crippen molar-refractivity contribution in [2.75, 3.05) is 0 Å². The van der Waals surface area contributed by atoms with E-state index < -0.39 is 0 Å². The molecule has 107 heavy (non-hydrogen) atoms. The summed E-state index contributed by atoms with van der Waals surface area (Å²) in [4.78, 5) is 0. The van der Waals surface area contributed by atoms with Gasteiger partial charge < -0.3 is 5.73 Å². The zero-order valence-electron chi connectivity index (χ0n) is 60.9. The third-order valence-corrected chi connectivity index (χ3v) is 18.3. The van der Waals surface area contributed by atoms with Gasteiger partial charge in [0.15, 0.2) is 0 Å². The summed E-state index contributed by atoms with van der Waals surface area (Å²) in [6.45, 7) is 4.10. The van der Waals surface area contributed by atoms with Gasteiger partial charge in [0, 0.05) is 5.70 Å². The molecule has 0 atom stereocenters. The highest BCUT2D eigenvalue weighted by Crippen LogP contribution is 2.34. The molecule has 0 bridgehead atoms. The Morgan fingerprint density at radius 1 is 0.262 bits per heavy atom. The lowest BCUT2D eigenvalue weighted by Gasteiger charge is -2.13. The van der Waals surface area contributed by atoms with E-state index in [0.717, 1.165) is 89.2 Å². The van der Waals surface area contributed by atoms with Crippen LogP contribution in [-0.4, -0.2) is 0 Å². The SMILES string of the molecule is CC=C(C=CCC=C(C=CCC=C(C=C(C)N)C(=Cc1ccccc1)c1ccc(C=CC=C(c2ccccc2)c2ccccc2)cc1)C(=Cc1ccccc1)c1ccc(C=CC=C(c2ccccc2)c2ccccc2)cc1)C(=Cc1ccccc1)c1ccc(C=CC=C(c2ccccc2)c2ccccc2)cc1. The van der Waals surface area contributed by atoms with Crippen molar-refractivity contribution in [3.63, 3.8) is 0 Å². The molecule has 0 spiro atoms. The minimum atomic E-state index is 0.630. The van der Waals surface area contributed by atoms with Gasteiger partial charge in [0.05, 0.1) is 0 Å². The average molecular weight is 1380 g/mol. The van der Waals surface area contributed by atoms with E-state index >= 15 is 0 Å². The molecule has 518 valence electrons. The molecular formula is C106H89N. The Balaban J connectivity index is 0.882. The summed E-state index contributed by atoms with van der Waals surface area (Å²) in [7, 11) is 0. The molecule has 0 saturated heterocycles. The molecule has 0 amide bonds. The van der Waals surface area contributed by atoms with Crippen molar-refractivity contribution in [2.24, 2.45) is 5.73 Å². The van der Waals surface area contributed by atoms with Crippen molar-refractivity contribution >= 4 is 69.9 Å². The van der Waals surface area contributed by atoms with E-state index in [9.17, 15) is 0 Å². The van der Waals surface area contributed by atoms with Gasteiger partial charge in [0.2, 0.25) is 0 Å². The van der Waals surface area contributed by atoms with E-state index in [2.05, 4.69) is 474 Å². The Kier molecular flexibility index (Phi) is 26.9. The van der Waals surface area contributed by atoms with Gasteiger partial charge in [0.25, 0.3) is 0 Å². The summed E-state index contributed by atoms with van der Waals surface area (Å²) >= 11 is 0. The van der Waals surface area contributed by atoms with Crippen LogP contribution in [-0.2, 0) is 0 Å². The van der Waals surface area contributed by atoms with Crippen LogP contribution in [0.1, 0.15) is 110 Å². The third-order valence-electron chi connectivity index (χ3n) is 18.3. The van der Waals surface area contributed by atoms with Gasteiger partial charge in [-0.2, -0.15) is 0 Å². The molecule has 2 N–H and O–H groups in total. The first-order valence-electron chi connectivity index (χ1n) is 36.8. The van der Waals surface area contributed by atoms with Gasteiger partial charge in [-0.3, -0.25) is 0 Å². The van der Waals surface area contributed by atoms with Gasteiger partial charge in [-0.25, -0.2) is 0 Å². The molecule has 1 heteroatoms. The monoisotopic (exact) mass is 1380 g/mol. The molecule has 0 aliphatic carbocycles. The lowest BCUT2D eigenvalue weighted by molar-refractivity contribution is 1.29. The lowest BCUT2D eigenvalue weighted by Crippen LogP contribution is -1.95. The van der Waals surface area contributed by atoms with Crippen LogP contribution in [0.15, 0.2) is 453 Å². The molecule has 0 saturated carbocycles. The van der Waals surface area contributed by atoms with Crippen molar-refractivity contribution in [1.82, 2.24) is 0 Å². The molecule has 0 aliphatic rings. The first-order valence-corrected chi connectivity index (χ1v) is 36.8. The van der Waals surface area contributed by atoms with Crippen LogP contribution in [0.2, 0.25) is 0 Å². The molecule has 0 fully saturated rings. The summed E-state index contributed by atoms with van der Waals surface area (Å²) in [5.41, 5.74) is 34.5. The standard InChI is InChI=1S/C106H89N/c1-3-89(104(79-86-38-13-4-14-39-86)97-72-66-83(67-73-97)44-35-63-101(90-48-19-7-20-49-90)91-50-21-8-22-51-91)47-31-32-60-96(105(80-87-40-15-5-16-41-87)98-74-68-84(69-75-98)45-36-64-102(92-52-23-9-24-53-92)93-54-25-10-26-55-93)61-33-34-62-100(78-82(2)107)106(81-88-42-17-6-18-43-88)99-76-70-85(71-77-99)46-37-65-103(94-56-27-11-28-57-94)95-58-29-12-30-59-95/h3-31,33,35-81H,32,34,107H2,1-2H3. The maximum atomic E-state index is 6.69. The Morgan fingerprint density at radius 2 is 0.505 bits per heavy atom. The van der Waals surface area contributed by atoms with Gasteiger partial charge in [-0.1, -0.05) is 443 Å². The van der Waals surface area contributed by atoms with Crippen molar-refractivity contribution < 1.29 is 0 Å². The molecule has 0 aliphatic heterocycles. The number of nitrogens with two attached hydrogens (primary N) is 1. The van der Waals surface area contributed by atoms with E-state index in [-0.39, 0.29) is 0 Å². The number of allylic oxidation sites excluding steroid dienone is 21. The van der Waals surface area contributed by atoms with Crippen LogP contribution in [0.3, 0.4) is 0 Å². The van der Waals surface area contributed by atoms with Crippen LogP contribution in [0.5, 0.6) is 0 Å². The molecule has 12 aromatic rings. The molecule has 12 aromatic carbocycles. The first-order chi connectivity index (χ1) is 52.9. The predicted octanol–water partition coefficient (Wildman–Crippen LogP) is 27.7. The Bertz CT molecular complexity index is 5180. The summed E-state index contributed by atoms with van der Waals surface area (Å²) < 4.78 is 0. The highest BCUT2D eigenvalue weighted by Gasteiger charge is 2.13. The highest BCUT2D eigenvalue weighted by atomic mass is 14.5. The summed E-state index contributed by atoms with van der Waals surface area (Å²) in [5.74, 6) is 0. The van der Waals surface area contributed by atoms with Crippen LogP contribution in [0.4, 0.5) is 0 Å². The topological polar surface area (TPSA) is 26.0 Å². The number of benzene rings is 12. The smallest absolute Gasteiger partial charge is 0.00549 e. The second kappa shape index (κ2) is 39.3. The maximum Gasteiger partial charge on any atom is 0.00549 e. The van der Waals surface area contributed by atoms with E-state index in [1.165, 1.54) is 50.1 Å². The normalized spacial score (nSPS) is 12.7. The fourth-order valence-corrected chi connectivity index (χ4v) is 12.9. The van der Waals surface area contributed by atoms with Crippen LogP contribution in [0, 0.1) is 0 Å². The van der Waals surface area contributed by atoms with Gasteiger partial charge in [-0.15, -0.1) is 0 Å². The van der Waals surface area contributed by atoms with Gasteiger partial charge in [0.1, 0.15) is 0 Å². The zero-order valence-corrected chi connectivity index (χ0v) is 60.9. The maximum absolute atomic E-state index is 6.69. The molecule has 0 unspecified atom stereocenters. The quantitative estimate of drug-likeness (QED) is 0.0384. The molecule has 12 rings (SSSR count). The fraction of sp³-hybridized carbons (Fsp3) is 0.0377. The minimum absolute atomic E-state index is 0.630. The van der Waals surface area contributed by atoms with Crippen LogP contribution < -0.4 is 5.73 Å². The van der Waals surface area contributed by atoms with E-state index in [0.29, 0.717) is 12.8 Å². The van der Waals surface area contributed by atoms with Gasteiger partial charge in [-0.05, 0) is 185 Å². The average Bonchev–Trinajstić information content (AvgIpc) is 0.862. The molecule has 0 aromatic heterocycles. The van der Waals surface area contributed by atoms with Crippen LogP contribution in [0.25, 0.3) is 69.9 Å². The largest absolute Gasteiger partial charge is 0.402 e. The van der Waals surface area contributed by atoms with E-state index in [4.69, 9.17) is 5.73 Å². The van der Waals surface area contributed by atoms with Crippen molar-refractivity contribution in [3.8, 4) is 0 Å². The summed E-state index contributed by atoms with van der Waals surface area (Å²) in [6, 6.07) is 122. The lowest BCUT2D eigenvalue weighted by atomic mass is 9.92. The zero-order chi connectivity index (χ0) is 73.3. The summed E-state index contributed by atoms with van der Waals surface area (Å²) in [6.07, 6.45) is 46.0. The summed E-state index contributed by atoms with van der Waals surface area (Å²) in [5, 5.41) is 0. The first kappa shape index (κ1) is 73.3. The number of hydrogen-bond donors (Lipinski definition) is 1. The Labute approximate surface area is 634 Å². The van der Waals surface area contributed by atoms with E-state index in [1.54, 1.807) is 0 Å². The third kappa shape index (κ3) is 21.8. The van der Waals surface area contributed by atoms with Crippen molar-refractivity contribution in [2.45, 2.75) is 26.7 Å². The molecule has 0 heterocycles. The molecule has 0 radical (unpaired) electrons. The van der Waals surface area contributed by atoms with E-state index in [1.807, 2.05) is 6.92 Å². The number of rotatable bonds is 28. The predicted molar refractivity (Wildman–Crippen MR) is 465 cm³/mol. The Morgan fingerprint density at radius 3 is 0.776 bits per heavy atom. The van der Waals surface area contributed by atoms with Gasteiger partial charge >= 0.3 is 0 Å². The van der Waals surface area contributed by atoms with Crippen molar-refractivity contribution in [3.05, 3.63) is 537 Å².